The molecule has 2 aromatic carbocycles. The average molecular weight is 396 g/mol. The van der Waals surface area contributed by atoms with Gasteiger partial charge in [0, 0.05) is 60.8 Å². The van der Waals surface area contributed by atoms with Crippen LogP contribution < -0.4 is 5.73 Å². The van der Waals surface area contributed by atoms with E-state index in [1.165, 1.54) is 16.7 Å². The van der Waals surface area contributed by atoms with Crippen LogP contribution in [0.5, 0.6) is 0 Å². The van der Waals surface area contributed by atoms with E-state index >= 15 is 0 Å². The molecule has 0 spiro atoms. The van der Waals surface area contributed by atoms with E-state index in [0.29, 0.717) is 0 Å². The lowest BCUT2D eigenvalue weighted by molar-refractivity contribution is 0.243. The van der Waals surface area contributed by atoms with Crippen molar-refractivity contribution < 1.29 is 0 Å². The van der Waals surface area contributed by atoms with E-state index in [2.05, 4.69) is 45.4 Å². The Bertz CT molecular complexity index is 1130. The molecule has 6 heteroatoms. The third-order valence-electron chi connectivity index (χ3n) is 5.46. The minimum atomic E-state index is 0.749. The van der Waals surface area contributed by atoms with Crippen molar-refractivity contribution >= 4 is 5.69 Å². The third-order valence-corrected chi connectivity index (χ3v) is 5.46. The Labute approximate surface area is 176 Å². The highest BCUT2D eigenvalue weighted by molar-refractivity contribution is 5.58. The maximum Gasteiger partial charge on any atom is 0.159 e. The minimum Gasteiger partial charge on any atom is -0.399 e. The van der Waals surface area contributed by atoms with E-state index in [9.17, 15) is 0 Å². The lowest BCUT2D eigenvalue weighted by Gasteiger charge is -2.27. The molecule has 3 heterocycles. The van der Waals surface area contributed by atoms with Gasteiger partial charge in [-0.25, -0.2) is 9.97 Å². The molecule has 150 valence electrons. The van der Waals surface area contributed by atoms with Gasteiger partial charge in [0.05, 0.1) is 18.4 Å². The van der Waals surface area contributed by atoms with E-state index < -0.39 is 0 Å². The van der Waals surface area contributed by atoms with Crippen LogP contribution in [0.2, 0.25) is 0 Å². The summed E-state index contributed by atoms with van der Waals surface area (Å²) in [5, 5.41) is 4.53. The van der Waals surface area contributed by atoms with Gasteiger partial charge in [-0.05, 0) is 29.8 Å². The summed E-state index contributed by atoms with van der Waals surface area (Å²) in [6.45, 7) is 3.52. The lowest BCUT2D eigenvalue weighted by Crippen LogP contribution is -2.30. The molecule has 2 N–H and O–H groups in total. The SMILES string of the molecule is Nc1ccc(-c2ncc3c(n2)CCN(Cc2cnn(Cc4ccccc4)c2)C3)cc1. The second kappa shape index (κ2) is 8.08. The molecule has 6 nitrogen and oxygen atoms in total. The summed E-state index contributed by atoms with van der Waals surface area (Å²) in [7, 11) is 0. The number of anilines is 1. The van der Waals surface area contributed by atoms with Crippen molar-refractivity contribution in [3.63, 3.8) is 0 Å². The maximum atomic E-state index is 5.78. The zero-order valence-electron chi connectivity index (χ0n) is 16.8. The first kappa shape index (κ1) is 18.5. The Morgan fingerprint density at radius 1 is 0.900 bits per heavy atom. The first-order valence-corrected chi connectivity index (χ1v) is 10.2. The average Bonchev–Trinajstić information content (AvgIpc) is 3.21. The Balaban J connectivity index is 1.24. The number of nitrogens with zero attached hydrogens (tertiary/aromatic N) is 5. The summed E-state index contributed by atoms with van der Waals surface area (Å²) in [6, 6.07) is 18.1. The smallest absolute Gasteiger partial charge is 0.159 e. The number of fused-ring (bicyclic) bond motifs is 1. The van der Waals surface area contributed by atoms with Gasteiger partial charge >= 0.3 is 0 Å². The van der Waals surface area contributed by atoms with Crippen LogP contribution >= 0.6 is 0 Å². The van der Waals surface area contributed by atoms with Crippen molar-refractivity contribution in [2.45, 2.75) is 26.1 Å². The van der Waals surface area contributed by atoms with Crippen LogP contribution in [0.25, 0.3) is 11.4 Å². The molecule has 0 radical (unpaired) electrons. The quantitative estimate of drug-likeness (QED) is 0.523. The Kier molecular flexibility index (Phi) is 4.99. The molecule has 0 unspecified atom stereocenters. The minimum absolute atomic E-state index is 0.749. The van der Waals surface area contributed by atoms with Gasteiger partial charge in [0.2, 0.25) is 0 Å². The van der Waals surface area contributed by atoms with Gasteiger partial charge in [-0.1, -0.05) is 30.3 Å². The van der Waals surface area contributed by atoms with E-state index in [1.807, 2.05) is 47.4 Å². The Hall–Kier alpha value is -3.51. The Morgan fingerprint density at radius 3 is 2.57 bits per heavy atom. The molecule has 0 fully saturated rings. The molecular formula is C24H24N6. The Morgan fingerprint density at radius 2 is 1.73 bits per heavy atom. The van der Waals surface area contributed by atoms with E-state index in [4.69, 9.17) is 10.7 Å². The molecule has 0 atom stereocenters. The summed E-state index contributed by atoms with van der Waals surface area (Å²) < 4.78 is 2.00. The predicted molar refractivity (Wildman–Crippen MR) is 117 cm³/mol. The van der Waals surface area contributed by atoms with Gasteiger partial charge in [0.1, 0.15) is 0 Å². The number of rotatable bonds is 5. The summed E-state index contributed by atoms with van der Waals surface area (Å²) in [5.41, 5.74) is 12.4. The summed E-state index contributed by atoms with van der Waals surface area (Å²) in [6.07, 6.45) is 7.01. The zero-order chi connectivity index (χ0) is 20.3. The largest absolute Gasteiger partial charge is 0.399 e. The lowest BCUT2D eigenvalue weighted by atomic mass is 10.1. The van der Waals surface area contributed by atoms with E-state index in [0.717, 1.165) is 55.4 Å². The van der Waals surface area contributed by atoms with Crippen molar-refractivity contribution in [3.8, 4) is 11.4 Å². The van der Waals surface area contributed by atoms with Gasteiger partial charge in [-0.2, -0.15) is 5.10 Å². The molecule has 1 aliphatic heterocycles. The molecular weight excluding hydrogens is 372 g/mol. The molecule has 0 saturated heterocycles. The van der Waals surface area contributed by atoms with Crippen molar-refractivity contribution in [1.29, 1.82) is 0 Å². The number of nitrogen functional groups attached to an aromatic ring is 1. The molecule has 30 heavy (non-hydrogen) atoms. The highest BCUT2D eigenvalue weighted by Crippen LogP contribution is 2.22. The normalized spacial score (nSPS) is 13.9. The van der Waals surface area contributed by atoms with Crippen LogP contribution in [0.1, 0.15) is 22.4 Å². The van der Waals surface area contributed by atoms with E-state index in [1.54, 1.807) is 0 Å². The van der Waals surface area contributed by atoms with Crippen LogP contribution in [0.3, 0.4) is 0 Å². The highest BCUT2D eigenvalue weighted by Gasteiger charge is 2.19. The van der Waals surface area contributed by atoms with Crippen molar-refractivity contribution in [2.75, 3.05) is 12.3 Å². The standard InChI is InChI=1S/C24H24N6/c25-22-8-6-20(7-9-22)24-26-13-21-17-29(11-10-23(21)28-24)14-19-12-27-30(16-19)15-18-4-2-1-3-5-18/h1-9,12-13,16H,10-11,14-15,17,25H2. The fraction of sp³-hybridized carbons (Fsp3) is 0.208. The maximum absolute atomic E-state index is 5.78. The van der Waals surface area contributed by atoms with Gasteiger partial charge in [0.25, 0.3) is 0 Å². The monoisotopic (exact) mass is 396 g/mol. The molecule has 0 amide bonds. The molecule has 0 aliphatic carbocycles. The third kappa shape index (κ3) is 4.09. The molecule has 4 aromatic rings. The topological polar surface area (TPSA) is 72.9 Å². The fourth-order valence-electron chi connectivity index (χ4n) is 3.88. The van der Waals surface area contributed by atoms with Crippen molar-refractivity contribution in [3.05, 3.63) is 95.6 Å². The second-order valence-corrected chi connectivity index (χ2v) is 7.78. The first-order valence-electron chi connectivity index (χ1n) is 10.2. The molecule has 2 aromatic heterocycles. The van der Waals surface area contributed by atoms with Crippen LogP contribution in [-0.4, -0.2) is 31.2 Å². The van der Waals surface area contributed by atoms with Crippen molar-refractivity contribution in [2.24, 2.45) is 0 Å². The summed E-state index contributed by atoms with van der Waals surface area (Å²) >= 11 is 0. The van der Waals surface area contributed by atoms with Crippen LogP contribution in [0.4, 0.5) is 5.69 Å². The van der Waals surface area contributed by atoms with E-state index in [-0.39, 0.29) is 0 Å². The highest BCUT2D eigenvalue weighted by atomic mass is 15.3. The second-order valence-electron chi connectivity index (χ2n) is 7.78. The van der Waals surface area contributed by atoms with Gasteiger partial charge < -0.3 is 5.73 Å². The number of hydrogen-bond donors (Lipinski definition) is 1. The fourth-order valence-corrected chi connectivity index (χ4v) is 3.88. The first-order chi connectivity index (χ1) is 14.7. The van der Waals surface area contributed by atoms with Gasteiger partial charge in [-0.15, -0.1) is 0 Å². The number of aromatic nitrogens is 4. The number of nitrogens with two attached hydrogens (primary N) is 1. The van der Waals surface area contributed by atoms with Crippen molar-refractivity contribution in [1.82, 2.24) is 24.6 Å². The van der Waals surface area contributed by atoms with Crippen LogP contribution in [0, 0.1) is 0 Å². The zero-order valence-corrected chi connectivity index (χ0v) is 16.8. The van der Waals surface area contributed by atoms with Crippen LogP contribution in [-0.2, 0) is 26.1 Å². The molecule has 0 saturated carbocycles. The molecule has 5 rings (SSSR count). The van der Waals surface area contributed by atoms with Crippen LogP contribution in [0.15, 0.2) is 73.2 Å². The van der Waals surface area contributed by atoms with Gasteiger partial charge in [-0.3, -0.25) is 9.58 Å². The summed E-state index contributed by atoms with van der Waals surface area (Å²) in [4.78, 5) is 11.8. The molecule has 0 bridgehead atoms. The van der Waals surface area contributed by atoms with Gasteiger partial charge in [0.15, 0.2) is 5.82 Å². The number of benzene rings is 2. The predicted octanol–water partition coefficient (Wildman–Crippen LogP) is 3.53. The molecule has 1 aliphatic rings. The summed E-state index contributed by atoms with van der Waals surface area (Å²) in [5.74, 6) is 0.768. The number of hydrogen-bond acceptors (Lipinski definition) is 5.